The first-order valence-corrected chi connectivity index (χ1v) is 6.19. The number of carbonyl (C=O) groups excluding carboxylic acids is 1. The highest BCUT2D eigenvalue weighted by Gasteiger charge is 2.18. The lowest BCUT2D eigenvalue weighted by molar-refractivity contribution is -0.114. The van der Waals surface area contributed by atoms with Crippen LogP contribution in [0.1, 0.15) is 39.0 Å². The molecule has 0 aromatic rings. The van der Waals surface area contributed by atoms with Crippen LogP contribution in [0.4, 0.5) is 0 Å². The minimum Gasteiger partial charge on any atom is -0.378 e. The maximum absolute atomic E-state index is 11.6. The largest absolute Gasteiger partial charge is 0.378 e. The summed E-state index contributed by atoms with van der Waals surface area (Å²) < 4.78 is 0. The Morgan fingerprint density at radius 3 is 2.53 bits per heavy atom. The van der Waals surface area contributed by atoms with Crippen molar-refractivity contribution in [3.05, 3.63) is 0 Å². The van der Waals surface area contributed by atoms with Crippen molar-refractivity contribution < 1.29 is 4.79 Å². The standard InChI is InChI=1S/C10H21N3OS/c1-2-3-4-5-8(6-7-11)9(14)15-10(12)13/h8H,2-7,11H2,1H3,(H3,12,13). The van der Waals surface area contributed by atoms with E-state index in [4.69, 9.17) is 16.9 Å². The van der Waals surface area contributed by atoms with Crippen LogP contribution < -0.4 is 11.5 Å². The summed E-state index contributed by atoms with van der Waals surface area (Å²) in [6.07, 6.45) is 4.89. The number of amidine groups is 1. The average Bonchev–Trinajstić information content (AvgIpc) is 2.15. The molecule has 4 nitrogen and oxygen atoms in total. The van der Waals surface area contributed by atoms with Crippen molar-refractivity contribution in [3.63, 3.8) is 0 Å². The predicted molar refractivity (Wildman–Crippen MR) is 65.8 cm³/mol. The molecule has 1 atom stereocenters. The Morgan fingerprint density at radius 2 is 2.07 bits per heavy atom. The number of carbonyl (C=O) groups is 1. The van der Waals surface area contributed by atoms with E-state index < -0.39 is 0 Å². The molecule has 0 bridgehead atoms. The van der Waals surface area contributed by atoms with Gasteiger partial charge in [0, 0.05) is 5.92 Å². The van der Waals surface area contributed by atoms with Crippen LogP contribution in [-0.4, -0.2) is 16.8 Å². The van der Waals surface area contributed by atoms with Gasteiger partial charge in [0.05, 0.1) is 0 Å². The van der Waals surface area contributed by atoms with Gasteiger partial charge >= 0.3 is 0 Å². The van der Waals surface area contributed by atoms with E-state index in [1.807, 2.05) is 0 Å². The Kier molecular flexibility index (Phi) is 8.41. The van der Waals surface area contributed by atoms with Gasteiger partial charge in [-0.25, -0.2) is 0 Å². The second-order valence-corrected chi connectivity index (χ2v) is 4.60. The van der Waals surface area contributed by atoms with E-state index in [1.165, 1.54) is 0 Å². The molecule has 0 aliphatic rings. The molecular weight excluding hydrogens is 210 g/mol. The van der Waals surface area contributed by atoms with Crippen LogP contribution in [0.3, 0.4) is 0 Å². The van der Waals surface area contributed by atoms with Crippen molar-refractivity contribution in [2.45, 2.75) is 39.0 Å². The summed E-state index contributed by atoms with van der Waals surface area (Å²) in [6, 6.07) is 0. The van der Waals surface area contributed by atoms with Gasteiger partial charge in [0.1, 0.15) is 0 Å². The van der Waals surface area contributed by atoms with Gasteiger partial charge in [0.2, 0.25) is 0 Å². The molecule has 0 rings (SSSR count). The normalized spacial score (nSPS) is 12.4. The SMILES string of the molecule is CCCCCC(CCN)C(=O)SC(=N)N. The minimum absolute atomic E-state index is 0.0101. The molecule has 88 valence electrons. The third-order valence-corrected chi connectivity index (χ3v) is 2.97. The van der Waals surface area contributed by atoms with Crippen LogP contribution in [0.5, 0.6) is 0 Å². The Hall–Kier alpha value is -0.550. The van der Waals surface area contributed by atoms with E-state index in [0.29, 0.717) is 13.0 Å². The van der Waals surface area contributed by atoms with Gasteiger partial charge in [0.25, 0.3) is 0 Å². The first-order chi connectivity index (χ1) is 7.11. The molecule has 0 aromatic heterocycles. The molecular formula is C10H21N3OS. The number of hydrogen-bond donors (Lipinski definition) is 3. The molecule has 5 heteroatoms. The predicted octanol–water partition coefficient (Wildman–Crippen LogP) is 1.68. The monoisotopic (exact) mass is 231 g/mol. The lowest BCUT2D eigenvalue weighted by Crippen LogP contribution is -2.19. The van der Waals surface area contributed by atoms with E-state index in [-0.39, 0.29) is 16.2 Å². The lowest BCUT2D eigenvalue weighted by atomic mass is 9.99. The molecule has 0 amide bonds. The smallest absolute Gasteiger partial charge is 0.199 e. The van der Waals surface area contributed by atoms with Crippen molar-refractivity contribution in [1.82, 2.24) is 0 Å². The summed E-state index contributed by atoms with van der Waals surface area (Å²) in [5.41, 5.74) is 10.6. The fourth-order valence-electron chi connectivity index (χ4n) is 1.41. The van der Waals surface area contributed by atoms with Crippen LogP contribution in [0.25, 0.3) is 0 Å². The summed E-state index contributed by atoms with van der Waals surface area (Å²) in [4.78, 5) is 11.6. The zero-order valence-electron chi connectivity index (χ0n) is 9.29. The van der Waals surface area contributed by atoms with Gasteiger partial charge in [-0.15, -0.1) is 0 Å². The van der Waals surface area contributed by atoms with Gasteiger partial charge in [0.15, 0.2) is 10.3 Å². The fraction of sp³-hybridized carbons (Fsp3) is 0.800. The number of nitrogens with two attached hydrogens (primary N) is 2. The zero-order chi connectivity index (χ0) is 11.7. The van der Waals surface area contributed by atoms with Crippen LogP contribution in [-0.2, 0) is 4.79 Å². The second-order valence-electron chi connectivity index (χ2n) is 3.56. The van der Waals surface area contributed by atoms with Crippen molar-refractivity contribution in [2.24, 2.45) is 17.4 Å². The number of hydrogen-bond acceptors (Lipinski definition) is 4. The number of unbranched alkanes of at least 4 members (excludes halogenated alkanes) is 2. The molecule has 15 heavy (non-hydrogen) atoms. The van der Waals surface area contributed by atoms with E-state index in [2.05, 4.69) is 6.92 Å². The second kappa shape index (κ2) is 8.73. The van der Waals surface area contributed by atoms with E-state index in [9.17, 15) is 4.79 Å². The summed E-state index contributed by atoms with van der Waals surface area (Å²) in [5, 5.41) is 6.91. The van der Waals surface area contributed by atoms with Crippen LogP contribution in [0.15, 0.2) is 0 Å². The van der Waals surface area contributed by atoms with E-state index in [1.54, 1.807) is 0 Å². The fourth-order valence-corrected chi connectivity index (χ4v) is 2.03. The minimum atomic E-state index is -0.127. The van der Waals surface area contributed by atoms with Crippen molar-refractivity contribution in [3.8, 4) is 0 Å². The molecule has 0 spiro atoms. The Balaban J connectivity index is 4.00. The van der Waals surface area contributed by atoms with Crippen LogP contribution >= 0.6 is 11.8 Å². The topological polar surface area (TPSA) is 93.0 Å². The number of thioether (sulfide) groups is 1. The van der Waals surface area contributed by atoms with E-state index >= 15 is 0 Å². The lowest BCUT2D eigenvalue weighted by Gasteiger charge is -2.13. The van der Waals surface area contributed by atoms with Crippen molar-refractivity contribution in [2.75, 3.05) is 6.54 Å². The third kappa shape index (κ3) is 7.39. The van der Waals surface area contributed by atoms with Crippen LogP contribution in [0.2, 0.25) is 0 Å². The zero-order valence-corrected chi connectivity index (χ0v) is 10.1. The molecule has 0 aliphatic carbocycles. The Bertz CT molecular complexity index is 209. The molecule has 1 unspecified atom stereocenters. The van der Waals surface area contributed by atoms with Gasteiger partial charge in [-0.05, 0) is 31.1 Å². The third-order valence-electron chi connectivity index (χ3n) is 2.22. The van der Waals surface area contributed by atoms with Crippen molar-refractivity contribution in [1.29, 1.82) is 5.41 Å². The van der Waals surface area contributed by atoms with Gasteiger partial charge in [-0.1, -0.05) is 26.2 Å². The summed E-state index contributed by atoms with van der Waals surface area (Å²) in [6.45, 7) is 2.64. The summed E-state index contributed by atoms with van der Waals surface area (Å²) in [5.74, 6) is -0.0320. The molecule has 0 aliphatic heterocycles. The Labute approximate surface area is 95.7 Å². The Morgan fingerprint density at radius 1 is 1.40 bits per heavy atom. The highest BCUT2D eigenvalue weighted by atomic mass is 32.2. The molecule has 0 radical (unpaired) electrons. The molecule has 0 saturated heterocycles. The maximum atomic E-state index is 11.6. The molecule has 0 aromatic carbocycles. The van der Waals surface area contributed by atoms with Crippen LogP contribution in [0, 0.1) is 11.3 Å². The highest BCUT2D eigenvalue weighted by molar-refractivity contribution is 8.26. The van der Waals surface area contributed by atoms with Crippen molar-refractivity contribution >= 4 is 22.0 Å². The molecule has 0 fully saturated rings. The summed E-state index contributed by atoms with van der Waals surface area (Å²) >= 11 is 0.827. The number of rotatable bonds is 7. The first-order valence-electron chi connectivity index (χ1n) is 5.37. The molecule has 0 saturated carbocycles. The first kappa shape index (κ1) is 14.5. The summed E-state index contributed by atoms with van der Waals surface area (Å²) in [7, 11) is 0. The van der Waals surface area contributed by atoms with Gasteiger partial charge in [-0.2, -0.15) is 0 Å². The maximum Gasteiger partial charge on any atom is 0.199 e. The molecule has 0 heterocycles. The quantitative estimate of drug-likeness (QED) is 0.353. The van der Waals surface area contributed by atoms with E-state index in [0.717, 1.165) is 37.4 Å². The number of nitrogens with one attached hydrogen (secondary N) is 1. The average molecular weight is 231 g/mol. The van der Waals surface area contributed by atoms with Gasteiger partial charge < -0.3 is 11.5 Å². The van der Waals surface area contributed by atoms with Gasteiger partial charge in [-0.3, -0.25) is 10.2 Å². The highest BCUT2D eigenvalue weighted by Crippen LogP contribution is 2.20. The molecule has 5 N–H and O–H groups in total.